The van der Waals surface area contributed by atoms with Crippen LogP contribution in [0.5, 0.6) is 5.88 Å². The summed E-state index contributed by atoms with van der Waals surface area (Å²) in [6, 6.07) is 1.43. The van der Waals surface area contributed by atoms with Crippen LogP contribution in [0.15, 0.2) is 6.07 Å². The Hall–Kier alpha value is -1.72. The standard InChI is InChI=1S/C6H9N3O3/c1-9-4(7)3-5(8-9)12-6(10)11-2/h3H,7H2,1-2H3. The lowest BCUT2D eigenvalue weighted by Gasteiger charge is -1.95. The highest BCUT2D eigenvalue weighted by Gasteiger charge is 2.07. The maximum absolute atomic E-state index is 10.6. The third kappa shape index (κ3) is 1.66. The second-order valence-corrected chi connectivity index (χ2v) is 2.09. The van der Waals surface area contributed by atoms with Crippen molar-refractivity contribution in [1.82, 2.24) is 9.78 Å². The van der Waals surface area contributed by atoms with E-state index in [1.807, 2.05) is 0 Å². The number of hydrogen-bond donors (Lipinski definition) is 1. The van der Waals surface area contributed by atoms with Gasteiger partial charge in [-0.2, -0.15) is 0 Å². The van der Waals surface area contributed by atoms with E-state index in [9.17, 15) is 4.79 Å². The van der Waals surface area contributed by atoms with Gasteiger partial charge in [-0.25, -0.2) is 9.48 Å². The first-order valence-corrected chi connectivity index (χ1v) is 3.19. The van der Waals surface area contributed by atoms with E-state index in [1.54, 1.807) is 7.05 Å². The van der Waals surface area contributed by atoms with Crippen LogP contribution < -0.4 is 10.5 Å². The number of aromatic nitrogens is 2. The number of anilines is 1. The first kappa shape index (κ1) is 8.38. The maximum atomic E-state index is 10.6. The Morgan fingerprint density at radius 3 is 2.83 bits per heavy atom. The van der Waals surface area contributed by atoms with Gasteiger partial charge in [0.05, 0.1) is 7.11 Å². The van der Waals surface area contributed by atoms with Crippen molar-refractivity contribution in [1.29, 1.82) is 0 Å². The molecular weight excluding hydrogens is 162 g/mol. The molecule has 0 amide bonds. The maximum Gasteiger partial charge on any atom is 0.514 e. The van der Waals surface area contributed by atoms with Gasteiger partial charge in [0.1, 0.15) is 5.82 Å². The highest BCUT2D eigenvalue weighted by Crippen LogP contribution is 2.12. The molecular formula is C6H9N3O3. The largest absolute Gasteiger partial charge is 0.514 e. The summed E-state index contributed by atoms with van der Waals surface area (Å²) in [5.74, 6) is 0.538. The fourth-order valence-electron chi connectivity index (χ4n) is 0.631. The Labute approximate surface area is 68.9 Å². The van der Waals surface area contributed by atoms with E-state index in [1.165, 1.54) is 17.9 Å². The van der Waals surface area contributed by atoms with Gasteiger partial charge in [-0.1, -0.05) is 0 Å². The number of methoxy groups -OCH3 is 1. The zero-order chi connectivity index (χ0) is 9.14. The van der Waals surface area contributed by atoms with Crippen LogP contribution >= 0.6 is 0 Å². The summed E-state index contributed by atoms with van der Waals surface area (Å²) < 4.78 is 10.2. The monoisotopic (exact) mass is 171 g/mol. The molecule has 1 rings (SSSR count). The molecule has 0 aromatic carbocycles. The van der Waals surface area contributed by atoms with Crippen molar-refractivity contribution in [3.05, 3.63) is 6.07 Å². The van der Waals surface area contributed by atoms with Crippen LogP contribution in [0.4, 0.5) is 10.6 Å². The molecule has 0 aliphatic heterocycles. The summed E-state index contributed by atoms with van der Waals surface area (Å²) in [5.41, 5.74) is 5.43. The van der Waals surface area contributed by atoms with E-state index >= 15 is 0 Å². The van der Waals surface area contributed by atoms with Crippen LogP contribution in [0.25, 0.3) is 0 Å². The summed E-state index contributed by atoms with van der Waals surface area (Å²) in [4.78, 5) is 10.6. The van der Waals surface area contributed by atoms with E-state index in [-0.39, 0.29) is 5.88 Å². The molecule has 0 saturated heterocycles. The molecule has 0 radical (unpaired) electrons. The number of carbonyl (C=O) groups excluding carboxylic acids is 1. The lowest BCUT2D eigenvalue weighted by atomic mass is 10.6. The van der Waals surface area contributed by atoms with E-state index in [0.29, 0.717) is 5.82 Å². The summed E-state index contributed by atoms with van der Waals surface area (Å²) in [6.07, 6.45) is -0.812. The van der Waals surface area contributed by atoms with Gasteiger partial charge in [0.2, 0.25) is 5.88 Å². The number of carbonyl (C=O) groups is 1. The van der Waals surface area contributed by atoms with Crippen LogP contribution in [0.3, 0.4) is 0 Å². The summed E-state index contributed by atoms with van der Waals surface area (Å²) >= 11 is 0. The molecule has 2 N–H and O–H groups in total. The third-order valence-corrected chi connectivity index (χ3v) is 1.25. The van der Waals surface area contributed by atoms with Gasteiger partial charge >= 0.3 is 6.16 Å². The fraction of sp³-hybridized carbons (Fsp3) is 0.333. The van der Waals surface area contributed by atoms with E-state index in [2.05, 4.69) is 14.6 Å². The number of ether oxygens (including phenoxy) is 2. The number of rotatable bonds is 1. The molecule has 12 heavy (non-hydrogen) atoms. The normalized spacial score (nSPS) is 9.50. The number of nitrogens with two attached hydrogens (primary N) is 1. The van der Waals surface area contributed by atoms with Crippen LogP contribution in [-0.2, 0) is 11.8 Å². The molecule has 1 aromatic heterocycles. The Balaban J connectivity index is 2.70. The molecule has 6 nitrogen and oxygen atoms in total. The van der Waals surface area contributed by atoms with E-state index < -0.39 is 6.16 Å². The van der Waals surface area contributed by atoms with Crippen LogP contribution in [0, 0.1) is 0 Å². The van der Waals surface area contributed by atoms with E-state index in [4.69, 9.17) is 5.73 Å². The predicted octanol–water partition coefficient (Wildman–Crippen LogP) is 0.148. The van der Waals surface area contributed by atoms with Gasteiger partial charge in [0.15, 0.2) is 0 Å². The Bertz CT molecular complexity index is 275. The molecule has 0 aliphatic carbocycles. The Morgan fingerprint density at radius 2 is 2.42 bits per heavy atom. The molecule has 0 saturated carbocycles. The number of hydrogen-bond acceptors (Lipinski definition) is 5. The lowest BCUT2D eigenvalue weighted by Crippen LogP contribution is -2.07. The molecule has 6 heteroatoms. The van der Waals surface area contributed by atoms with Gasteiger partial charge < -0.3 is 15.2 Å². The molecule has 0 aliphatic rings. The number of nitrogen functional groups attached to an aromatic ring is 1. The lowest BCUT2D eigenvalue weighted by molar-refractivity contribution is 0.119. The van der Waals surface area contributed by atoms with Crippen LogP contribution in [0.1, 0.15) is 0 Å². The Kier molecular flexibility index (Phi) is 2.18. The van der Waals surface area contributed by atoms with Crippen LogP contribution in [0.2, 0.25) is 0 Å². The second-order valence-electron chi connectivity index (χ2n) is 2.09. The van der Waals surface area contributed by atoms with E-state index in [0.717, 1.165) is 0 Å². The van der Waals surface area contributed by atoms with Crippen LogP contribution in [-0.4, -0.2) is 23.0 Å². The number of aryl methyl sites for hydroxylation is 1. The fourth-order valence-corrected chi connectivity index (χ4v) is 0.631. The highest BCUT2D eigenvalue weighted by atomic mass is 16.7. The summed E-state index contributed by atoms with van der Waals surface area (Å²) in [6.45, 7) is 0. The second kappa shape index (κ2) is 3.12. The minimum Gasteiger partial charge on any atom is -0.437 e. The molecule has 66 valence electrons. The minimum absolute atomic E-state index is 0.127. The van der Waals surface area contributed by atoms with Gasteiger partial charge in [0, 0.05) is 13.1 Å². The zero-order valence-corrected chi connectivity index (χ0v) is 6.77. The van der Waals surface area contributed by atoms with Gasteiger partial charge in [-0.05, 0) is 0 Å². The van der Waals surface area contributed by atoms with Crippen molar-refractivity contribution in [2.75, 3.05) is 12.8 Å². The SMILES string of the molecule is COC(=O)Oc1cc(N)n(C)n1. The van der Waals surface area contributed by atoms with Gasteiger partial charge in [-0.3, -0.25) is 0 Å². The molecule has 1 aromatic rings. The summed E-state index contributed by atoms with van der Waals surface area (Å²) in [7, 11) is 2.86. The van der Waals surface area contributed by atoms with Crippen molar-refractivity contribution < 1.29 is 14.3 Å². The molecule has 0 atom stereocenters. The molecule has 0 bridgehead atoms. The molecule has 0 unspecified atom stereocenters. The zero-order valence-electron chi connectivity index (χ0n) is 6.77. The van der Waals surface area contributed by atoms with Gasteiger partial charge in [-0.15, -0.1) is 5.10 Å². The first-order valence-electron chi connectivity index (χ1n) is 3.19. The topological polar surface area (TPSA) is 79.4 Å². The molecule has 0 spiro atoms. The third-order valence-electron chi connectivity index (χ3n) is 1.25. The van der Waals surface area contributed by atoms with Gasteiger partial charge in [0.25, 0.3) is 0 Å². The molecule has 1 heterocycles. The first-order chi connectivity index (χ1) is 5.63. The van der Waals surface area contributed by atoms with Crippen molar-refractivity contribution in [3.8, 4) is 5.88 Å². The minimum atomic E-state index is -0.812. The summed E-state index contributed by atoms with van der Waals surface area (Å²) in [5, 5.41) is 3.77. The Morgan fingerprint density at radius 1 is 1.75 bits per heavy atom. The smallest absolute Gasteiger partial charge is 0.437 e. The van der Waals surface area contributed by atoms with Crippen molar-refractivity contribution in [3.63, 3.8) is 0 Å². The molecule has 0 fully saturated rings. The number of nitrogens with zero attached hydrogens (tertiary/aromatic N) is 2. The highest BCUT2D eigenvalue weighted by molar-refractivity contribution is 5.63. The average molecular weight is 171 g/mol. The van der Waals surface area contributed by atoms with Crippen molar-refractivity contribution in [2.45, 2.75) is 0 Å². The van der Waals surface area contributed by atoms with Crippen molar-refractivity contribution >= 4 is 12.0 Å². The predicted molar refractivity (Wildman–Crippen MR) is 40.7 cm³/mol. The van der Waals surface area contributed by atoms with Crippen molar-refractivity contribution in [2.24, 2.45) is 7.05 Å². The quantitative estimate of drug-likeness (QED) is 0.608. The average Bonchev–Trinajstić information content (AvgIpc) is 2.31.